The largest absolute Gasteiger partial charge is 0.497 e. The van der Waals surface area contributed by atoms with Crippen LogP contribution in [0.4, 0.5) is 5.69 Å². The molecular weight excluding hydrogens is 336 g/mol. The maximum atomic E-state index is 12.6. The summed E-state index contributed by atoms with van der Waals surface area (Å²) in [5, 5.41) is 12.4. The number of anilines is 1. The van der Waals surface area contributed by atoms with E-state index in [1.807, 2.05) is 4.90 Å². The Kier molecular flexibility index (Phi) is 5.66. The van der Waals surface area contributed by atoms with Gasteiger partial charge in [0.15, 0.2) is 0 Å². The Morgan fingerprint density at radius 1 is 1.23 bits per heavy atom. The van der Waals surface area contributed by atoms with Gasteiger partial charge >= 0.3 is 5.97 Å². The molecule has 1 aromatic carbocycles. The molecule has 142 valence electrons. The molecule has 3 atom stereocenters. The number of hydrogen-bond donors (Lipinski definition) is 2. The van der Waals surface area contributed by atoms with Crippen LogP contribution in [0, 0.1) is 5.92 Å². The molecule has 2 N–H and O–H groups in total. The molecule has 3 rings (SSSR count). The van der Waals surface area contributed by atoms with E-state index < -0.39 is 12.0 Å². The SMILES string of the molecule is COc1ccc(OC)c(NC(=O)CN2C(C(=O)O)CC3CCCCC32)c1. The lowest BCUT2D eigenvalue weighted by Crippen LogP contribution is -2.46. The number of carbonyl (C=O) groups excluding carboxylic acids is 1. The van der Waals surface area contributed by atoms with E-state index in [0.29, 0.717) is 29.5 Å². The molecule has 7 heteroatoms. The predicted octanol–water partition coefficient (Wildman–Crippen LogP) is 2.36. The summed E-state index contributed by atoms with van der Waals surface area (Å²) in [4.78, 5) is 26.2. The number of hydrogen-bond acceptors (Lipinski definition) is 5. The maximum Gasteiger partial charge on any atom is 0.320 e. The molecule has 0 aromatic heterocycles. The first kappa shape index (κ1) is 18.5. The molecular formula is C19H26N2O5. The van der Waals surface area contributed by atoms with Gasteiger partial charge < -0.3 is 19.9 Å². The summed E-state index contributed by atoms with van der Waals surface area (Å²) < 4.78 is 10.5. The maximum absolute atomic E-state index is 12.6. The zero-order valence-corrected chi connectivity index (χ0v) is 15.2. The van der Waals surface area contributed by atoms with Crippen molar-refractivity contribution in [3.63, 3.8) is 0 Å². The van der Waals surface area contributed by atoms with Gasteiger partial charge in [-0.2, -0.15) is 0 Å². The molecule has 1 aliphatic carbocycles. The van der Waals surface area contributed by atoms with E-state index >= 15 is 0 Å². The molecule has 3 unspecified atom stereocenters. The van der Waals surface area contributed by atoms with Gasteiger partial charge in [0.25, 0.3) is 0 Å². The third-order valence-corrected chi connectivity index (χ3v) is 5.51. The molecule has 2 aliphatic rings. The third kappa shape index (κ3) is 3.77. The molecule has 26 heavy (non-hydrogen) atoms. The number of rotatable bonds is 6. The lowest BCUT2D eigenvalue weighted by Gasteiger charge is -2.32. The number of carbonyl (C=O) groups is 2. The van der Waals surface area contributed by atoms with Crippen LogP contribution in [0.3, 0.4) is 0 Å². The van der Waals surface area contributed by atoms with Crippen LogP contribution in [0.1, 0.15) is 32.1 Å². The van der Waals surface area contributed by atoms with Crippen LogP contribution >= 0.6 is 0 Å². The smallest absolute Gasteiger partial charge is 0.320 e. The third-order valence-electron chi connectivity index (χ3n) is 5.51. The molecule has 1 saturated carbocycles. The summed E-state index contributed by atoms with van der Waals surface area (Å²) in [7, 11) is 3.09. The average molecular weight is 362 g/mol. The number of carboxylic acids is 1. The second kappa shape index (κ2) is 7.95. The summed E-state index contributed by atoms with van der Waals surface area (Å²) in [6, 6.07) is 4.77. The molecule has 0 spiro atoms. The van der Waals surface area contributed by atoms with Crippen LogP contribution in [0.2, 0.25) is 0 Å². The number of fused-ring (bicyclic) bond motifs is 1. The highest BCUT2D eigenvalue weighted by molar-refractivity contribution is 5.94. The van der Waals surface area contributed by atoms with Gasteiger partial charge in [-0.25, -0.2) is 0 Å². The average Bonchev–Trinajstić information content (AvgIpc) is 3.00. The van der Waals surface area contributed by atoms with E-state index in [1.165, 1.54) is 7.11 Å². The first-order chi connectivity index (χ1) is 12.5. The second-order valence-electron chi connectivity index (χ2n) is 6.99. The van der Waals surface area contributed by atoms with Crippen molar-refractivity contribution in [2.24, 2.45) is 5.92 Å². The Hall–Kier alpha value is -2.28. The number of carboxylic acid groups (broad SMARTS) is 1. The molecule has 0 radical (unpaired) electrons. The standard InChI is InChI=1S/C19H26N2O5/c1-25-13-7-8-17(26-2)14(10-13)20-18(22)11-21-15-6-4-3-5-12(15)9-16(21)19(23)24/h7-8,10,12,15-16H,3-6,9,11H2,1-2H3,(H,20,22)(H,23,24). The van der Waals surface area contributed by atoms with E-state index in [0.717, 1.165) is 25.7 Å². The van der Waals surface area contributed by atoms with Gasteiger partial charge in [0.05, 0.1) is 26.5 Å². The van der Waals surface area contributed by atoms with Gasteiger partial charge in [-0.3, -0.25) is 14.5 Å². The van der Waals surface area contributed by atoms with E-state index in [1.54, 1.807) is 25.3 Å². The van der Waals surface area contributed by atoms with E-state index in [2.05, 4.69) is 5.32 Å². The van der Waals surface area contributed by atoms with Gasteiger partial charge in [0.1, 0.15) is 17.5 Å². The van der Waals surface area contributed by atoms with Crippen LogP contribution < -0.4 is 14.8 Å². The van der Waals surface area contributed by atoms with Gasteiger partial charge in [-0.1, -0.05) is 12.8 Å². The van der Waals surface area contributed by atoms with Crippen LogP contribution in [-0.4, -0.2) is 54.7 Å². The van der Waals surface area contributed by atoms with Crippen molar-refractivity contribution in [2.75, 3.05) is 26.1 Å². The van der Waals surface area contributed by atoms with Crippen molar-refractivity contribution in [1.29, 1.82) is 0 Å². The summed E-state index contributed by atoms with van der Waals surface area (Å²) >= 11 is 0. The molecule has 1 aliphatic heterocycles. The minimum absolute atomic E-state index is 0.0680. The van der Waals surface area contributed by atoms with Crippen molar-refractivity contribution in [1.82, 2.24) is 4.90 Å². The fourth-order valence-corrected chi connectivity index (χ4v) is 4.29. The van der Waals surface area contributed by atoms with Crippen molar-refractivity contribution in [3.8, 4) is 11.5 Å². The lowest BCUT2D eigenvalue weighted by molar-refractivity contribution is -0.143. The lowest BCUT2D eigenvalue weighted by atomic mass is 9.85. The first-order valence-electron chi connectivity index (χ1n) is 9.04. The number of amides is 1. The summed E-state index contributed by atoms with van der Waals surface area (Å²) in [6.45, 7) is 0.0680. The highest BCUT2D eigenvalue weighted by atomic mass is 16.5. The number of nitrogens with one attached hydrogen (secondary N) is 1. The van der Waals surface area contributed by atoms with Gasteiger partial charge in [-0.05, 0) is 37.3 Å². The Morgan fingerprint density at radius 2 is 2.00 bits per heavy atom. The predicted molar refractivity (Wildman–Crippen MR) is 96.7 cm³/mol. The highest BCUT2D eigenvalue weighted by Gasteiger charge is 2.45. The zero-order valence-electron chi connectivity index (χ0n) is 15.2. The van der Waals surface area contributed by atoms with Crippen molar-refractivity contribution in [3.05, 3.63) is 18.2 Å². The van der Waals surface area contributed by atoms with Gasteiger partial charge in [0.2, 0.25) is 5.91 Å². The van der Waals surface area contributed by atoms with Crippen molar-refractivity contribution >= 4 is 17.6 Å². The fraction of sp³-hybridized carbons (Fsp3) is 0.579. The first-order valence-corrected chi connectivity index (χ1v) is 9.04. The highest BCUT2D eigenvalue weighted by Crippen LogP contribution is 2.39. The minimum atomic E-state index is -0.842. The number of nitrogens with zero attached hydrogens (tertiary/aromatic N) is 1. The van der Waals surface area contributed by atoms with E-state index in [-0.39, 0.29) is 18.5 Å². The number of likely N-dealkylation sites (tertiary alicyclic amines) is 1. The number of ether oxygens (including phenoxy) is 2. The molecule has 1 heterocycles. The molecule has 7 nitrogen and oxygen atoms in total. The number of methoxy groups -OCH3 is 2. The normalized spacial score (nSPS) is 25.4. The van der Waals surface area contributed by atoms with Crippen LogP contribution in [0.5, 0.6) is 11.5 Å². The minimum Gasteiger partial charge on any atom is -0.497 e. The topological polar surface area (TPSA) is 88.1 Å². The van der Waals surface area contributed by atoms with Gasteiger partial charge in [-0.15, -0.1) is 0 Å². The van der Waals surface area contributed by atoms with E-state index in [4.69, 9.17) is 9.47 Å². The zero-order chi connectivity index (χ0) is 18.7. The monoisotopic (exact) mass is 362 g/mol. The summed E-state index contributed by atoms with van der Waals surface area (Å²) in [5.74, 6) is 0.438. The summed E-state index contributed by atoms with van der Waals surface area (Å²) in [5.41, 5.74) is 0.517. The van der Waals surface area contributed by atoms with Gasteiger partial charge in [0, 0.05) is 12.1 Å². The van der Waals surface area contributed by atoms with Crippen LogP contribution in [0.25, 0.3) is 0 Å². The molecule has 1 aromatic rings. The van der Waals surface area contributed by atoms with Crippen molar-refractivity contribution in [2.45, 2.75) is 44.2 Å². The number of aliphatic carboxylic acids is 1. The fourth-order valence-electron chi connectivity index (χ4n) is 4.29. The van der Waals surface area contributed by atoms with Crippen LogP contribution in [-0.2, 0) is 9.59 Å². The molecule has 1 amide bonds. The summed E-state index contributed by atoms with van der Waals surface area (Å²) in [6.07, 6.45) is 4.89. The Morgan fingerprint density at radius 3 is 2.69 bits per heavy atom. The Bertz CT molecular complexity index is 678. The van der Waals surface area contributed by atoms with Crippen molar-refractivity contribution < 1.29 is 24.2 Å². The second-order valence-corrected chi connectivity index (χ2v) is 6.99. The molecule has 1 saturated heterocycles. The molecule has 2 fully saturated rings. The van der Waals surface area contributed by atoms with E-state index in [9.17, 15) is 14.7 Å². The quantitative estimate of drug-likeness (QED) is 0.808. The van der Waals surface area contributed by atoms with Crippen LogP contribution in [0.15, 0.2) is 18.2 Å². The molecule has 0 bridgehead atoms. The Balaban J connectivity index is 1.73. The Labute approximate surface area is 153 Å². The number of benzene rings is 1.